The van der Waals surface area contributed by atoms with Gasteiger partial charge < -0.3 is 9.29 Å². The molecule has 0 bridgehead atoms. The normalized spacial score (nSPS) is 13.0. The zero-order chi connectivity index (χ0) is 31.1. The summed E-state index contributed by atoms with van der Waals surface area (Å²) in [6, 6.07) is 29.9. The number of rotatable bonds is 10. The Balaban J connectivity index is 0.000000307. The molecule has 3 aromatic rings. The highest BCUT2D eigenvalue weighted by atomic mass is 32.2. The minimum atomic E-state index is -7.43. The van der Waals surface area contributed by atoms with Crippen molar-refractivity contribution in [2.24, 2.45) is 0 Å². The van der Waals surface area contributed by atoms with Gasteiger partial charge in [0.2, 0.25) is 4.90 Å². The Bertz CT molecular complexity index is 1310. The molecule has 0 aliphatic rings. The highest BCUT2D eigenvalue weighted by Crippen LogP contribution is 2.54. The molecule has 0 saturated heterocycles. The second-order valence-electron chi connectivity index (χ2n) is 8.20. The minimum absolute atomic E-state index is 0.157. The number of para-hydroxylation sites is 1. The van der Waals surface area contributed by atoms with Gasteiger partial charge in [0.25, 0.3) is 0 Å². The summed E-state index contributed by atoms with van der Waals surface area (Å²) in [5.41, 5.74) is 0. The largest absolute Gasteiger partial charge is 0.743 e. The van der Waals surface area contributed by atoms with Gasteiger partial charge in [-0.3, -0.25) is 0 Å². The molecule has 41 heavy (non-hydrogen) atoms. The Morgan fingerprint density at radius 3 is 1.56 bits per heavy atom. The lowest BCUT2D eigenvalue weighted by molar-refractivity contribution is -0.382. The Kier molecular flexibility index (Phi) is 11.2. The first-order valence-electron chi connectivity index (χ1n) is 11.6. The summed E-state index contributed by atoms with van der Waals surface area (Å²) < 4.78 is 142. The van der Waals surface area contributed by atoms with E-state index in [9.17, 15) is 52.5 Å². The molecule has 0 aromatic heterocycles. The lowest BCUT2D eigenvalue weighted by atomic mass is 10.1. The molecule has 0 N–H and O–H groups in total. The van der Waals surface area contributed by atoms with Crippen molar-refractivity contribution in [2.45, 2.75) is 57.7 Å². The molecule has 0 amide bonds. The van der Waals surface area contributed by atoms with E-state index in [1.165, 1.54) is 14.7 Å². The van der Waals surface area contributed by atoms with Crippen molar-refractivity contribution in [2.75, 3.05) is 6.61 Å². The average molecular weight is 635 g/mol. The van der Waals surface area contributed by atoms with Crippen LogP contribution >= 0.6 is 0 Å². The van der Waals surface area contributed by atoms with E-state index >= 15 is 0 Å². The topological polar surface area (TPSA) is 66.4 Å². The Hall–Kier alpha value is -2.91. The zero-order valence-corrected chi connectivity index (χ0v) is 22.7. The summed E-state index contributed by atoms with van der Waals surface area (Å²) in [5, 5.41) is -7.11. The number of halogens is 9. The van der Waals surface area contributed by atoms with Gasteiger partial charge in [-0.25, -0.2) is 8.42 Å². The van der Waals surface area contributed by atoms with E-state index < -0.39 is 33.4 Å². The highest BCUT2D eigenvalue weighted by Gasteiger charge is 2.83. The summed E-state index contributed by atoms with van der Waals surface area (Å²) in [6.07, 6.45) is -4.94. The van der Waals surface area contributed by atoms with Crippen LogP contribution < -0.4 is 4.74 Å². The minimum Gasteiger partial charge on any atom is -0.743 e. The number of ether oxygens (including phenoxy) is 1. The van der Waals surface area contributed by atoms with E-state index in [1.54, 1.807) is 0 Å². The third-order valence-corrected chi connectivity index (χ3v) is 8.36. The number of hydrogen-bond donors (Lipinski definition) is 0. The number of hydrogen-bond acceptors (Lipinski definition) is 4. The summed E-state index contributed by atoms with van der Waals surface area (Å²) in [5.74, 6) is -13.8. The quantitative estimate of drug-likeness (QED) is 0.0984. The van der Waals surface area contributed by atoms with Crippen LogP contribution in [0.5, 0.6) is 5.75 Å². The molecule has 15 heteroatoms. The van der Waals surface area contributed by atoms with Crippen molar-refractivity contribution in [3.05, 3.63) is 84.9 Å². The van der Waals surface area contributed by atoms with Crippen LogP contribution in [-0.2, 0) is 21.0 Å². The van der Waals surface area contributed by atoms with Crippen LogP contribution in [0.2, 0.25) is 0 Å². The van der Waals surface area contributed by atoms with E-state index in [2.05, 4.69) is 91.9 Å². The summed E-state index contributed by atoms with van der Waals surface area (Å²) >= 11 is 0. The van der Waals surface area contributed by atoms with E-state index in [1.807, 2.05) is 0 Å². The fourth-order valence-electron chi connectivity index (χ4n) is 3.09. The lowest BCUT2D eigenvalue weighted by Gasteiger charge is -2.34. The molecule has 0 unspecified atom stereocenters. The molecule has 4 nitrogen and oxygen atoms in total. The molecule has 0 radical (unpaired) electrons. The van der Waals surface area contributed by atoms with Crippen LogP contribution in [0.4, 0.5) is 39.5 Å². The van der Waals surface area contributed by atoms with Crippen molar-refractivity contribution in [3.63, 3.8) is 0 Å². The van der Waals surface area contributed by atoms with Crippen molar-refractivity contribution < 1.29 is 57.2 Å². The molecule has 0 spiro atoms. The van der Waals surface area contributed by atoms with Crippen molar-refractivity contribution in [1.29, 1.82) is 0 Å². The van der Waals surface area contributed by atoms with Crippen molar-refractivity contribution >= 4 is 21.0 Å². The second kappa shape index (κ2) is 13.4. The van der Waals surface area contributed by atoms with Gasteiger partial charge in [0.1, 0.15) is 10.9 Å². The predicted octanol–water partition coefficient (Wildman–Crippen LogP) is 7.92. The first-order valence-corrected chi connectivity index (χ1v) is 14.2. The van der Waals surface area contributed by atoms with Gasteiger partial charge in [-0.05, 0) is 42.8 Å². The summed E-state index contributed by atoms with van der Waals surface area (Å²) in [7, 11) is -7.57. The summed E-state index contributed by atoms with van der Waals surface area (Å²) in [6.45, 7) is 2.96. The maximum atomic E-state index is 12.2. The zero-order valence-electron chi connectivity index (χ0n) is 21.1. The SMILES string of the molecule is CCCCOc1ccccc1[S+](c1ccccc1)c1ccccc1.O=S(=O)([O-])C(F)(F)C(F)(F)C(F)(F)C(F)(F)F. The monoisotopic (exact) mass is 634 g/mol. The lowest BCUT2D eigenvalue weighted by Crippen LogP contribution is -2.63. The number of unbranched alkanes of at least 4 members (excludes halogenated alkanes) is 1. The second-order valence-corrected chi connectivity index (χ2v) is 11.6. The van der Waals surface area contributed by atoms with Crippen LogP contribution in [0.15, 0.2) is 99.6 Å². The van der Waals surface area contributed by atoms with Crippen LogP contribution in [0, 0.1) is 0 Å². The van der Waals surface area contributed by atoms with Crippen molar-refractivity contribution in [3.8, 4) is 5.75 Å². The molecule has 0 saturated carbocycles. The summed E-state index contributed by atoms with van der Waals surface area (Å²) in [4.78, 5) is 3.89. The molecule has 3 rings (SSSR count). The molecule has 3 aromatic carbocycles. The molecule has 0 aliphatic heterocycles. The van der Waals surface area contributed by atoms with Crippen LogP contribution in [-0.4, -0.2) is 42.9 Å². The molecular formula is C26H23F9O4S2. The Morgan fingerprint density at radius 1 is 0.707 bits per heavy atom. The molecule has 0 fully saturated rings. The van der Waals surface area contributed by atoms with Crippen LogP contribution in [0.1, 0.15) is 19.8 Å². The molecule has 226 valence electrons. The van der Waals surface area contributed by atoms with Crippen LogP contribution in [0.3, 0.4) is 0 Å². The molecule has 0 aliphatic carbocycles. The van der Waals surface area contributed by atoms with E-state index in [0.717, 1.165) is 25.2 Å². The molecule has 0 atom stereocenters. The van der Waals surface area contributed by atoms with Gasteiger partial charge in [-0.1, -0.05) is 61.9 Å². The highest BCUT2D eigenvalue weighted by molar-refractivity contribution is 7.97. The van der Waals surface area contributed by atoms with Gasteiger partial charge in [-0.15, -0.1) is 0 Å². The maximum Gasteiger partial charge on any atom is 0.460 e. The number of benzene rings is 3. The fourth-order valence-corrected chi connectivity index (χ4v) is 5.71. The van der Waals surface area contributed by atoms with Gasteiger partial charge in [-0.2, -0.15) is 39.5 Å². The average Bonchev–Trinajstić information content (AvgIpc) is 2.90. The van der Waals surface area contributed by atoms with Gasteiger partial charge in [0.05, 0.1) is 6.61 Å². The Morgan fingerprint density at radius 2 is 1.15 bits per heavy atom. The standard InChI is InChI=1S/C22H23OS.C4HF9O3S/c1-2-3-18-23-21-16-10-11-17-22(21)24(19-12-6-4-7-13-19)20-14-8-5-9-15-20;5-1(6,3(9,10)11)2(7,8)4(12,13)17(14,15)16/h4-17H,2-3,18H2,1H3;(H,14,15,16)/q+1;/p-1. The first kappa shape index (κ1) is 34.3. The fraction of sp³-hybridized carbons (Fsp3) is 0.308. The first-order chi connectivity index (χ1) is 18.9. The molecule has 0 heterocycles. The number of alkyl halides is 9. The smallest absolute Gasteiger partial charge is 0.460 e. The third kappa shape index (κ3) is 7.68. The third-order valence-electron chi connectivity index (χ3n) is 5.21. The van der Waals surface area contributed by atoms with Gasteiger partial charge in [0, 0.05) is 0 Å². The molecular weight excluding hydrogens is 611 g/mol. The van der Waals surface area contributed by atoms with Gasteiger partial charge >= 0.3 is 23.3 Å². The van der Waals surface area contributed by atoms with Gasteiger partial charge in [0.15, 0.2) is 25.7 Å². The van der Waals surface area contributed by atoms with E-state index in [0.29, 0.717) is 0 Å². The van der Waals surface area contributed by atoms with Crippen LogP contribution in [0.25, 0.3) is 0 Å². The maximum absolute atomic E-state index is 12.2. The van der Waals surface area contributed by atoms with Crippen molar-refractivity contribution in [1.82, 2.24) is 0 Å². The van der Waals surface area contributed by atoms with E-state index in [4.69, 9.17) is 4.74 Å². The predicted molar refractivity (Wildman–Crippen MR) is 132 cm³/mol. The Labute approximate surface area is 233 Å². The van der Waals surface area contributed by atoms with E-state index in [-0.39, 0.29) is 10.9 Å².